The molecule has 1 aliphatic rings. The molecule has 2 amide bonds. The molecular weight excluding hydrogens is 134 g/mol. The Morgan fingerprint density at radius 1 is 1.40 bits per heavy atom. The van der Waals surface area contributed by atoms with Gasteiger partial charge in [-0.1, -0.05) is 0 Å². The Kier molecular flexibility index (Phi) is 1.72. The maximum atomic E-state index is 10.8. The molecule has 1 saturated heterocycles. The van der Waals surface area contributed by atoms with E-state index in [0.717, 1.165) is 4.90 Å². The molecule has 1 N–H and O–H groups in total. The summed E-state index contributed by atoms with van der Waals surface area (Å²) in [7, 11) is 1.43. The molecule has 0 saturated carbocycles. The molecule has 0 bridgehead atoms. The van der Waals surface area contributed by atoms with Crippen LogP contribution in [0, 0.1) is 0 Å². The van der Waals surface area contributed by atoms with Crippen LogP contribution in [-0.4, -0.2) is 35.0 Å². The number of likely N-dealkylation sites (tertiary alicyclic amines) is 1. The molecule has 0 aliphatic carbocycles. The number of nitrogens with zero attached hydrogens (tertiary/aromatic N) is 1. The van der Waals surface area contributed by atoms with Crippen LogP contribution in [0.5, 0.6) is 0 Å². The summed E-state index contributed by atoms with van der Waals surface area (Å²) in [5, 5.41) is 8.90. The van der Waals surface area contributed by atoms with Crippen LogP contribution in [-0.2, 0) is 9.59 Å². The number of piperidine rings is 1. The lowest BCUT2D eigenvalue weighted by molar-refractivity contribution is -0.150. The highest BCUT2D eigenvalue weighted by molar-refractivity contribution is 5.97. The van der Waals surface area contributed by atoms with Gasteiger partial charge in [0.15, 0.2) is 0 Å². The quantitative estimate of drug-likeness (QED) is 0.448. The molecule has 0 unspecified atom stereocenters. The van der Waals surface area contributed by atoms with E-state index in [1.807, 2.05) is 0 Å². The van der Waals surface area contributed by atoms with Gasteiger partial charge >= 0.3 is 0 Å². The van der Waals surface area contributed by atoms with Crippen molar-refractivity contribution in [1.29, 1.82) is 0 Å². The fraction of sp³-hybridized carbons (Fsp3) is 0.667. The number of rotatable bonds is 0. The Bertz CT molecular complexity index is 160. The van der Waals surface area contributed by atoms with Crippen molar-refractivity contribution in [1.82, 2.24) is 4.90 Å². The second-order valence-electron chi connectivity index (χ2n) is 2.41. The van der Waals surface area contributed by atoms with E-state index in [1.165, 1.54) is 7.05 Å². The predicted octanol–water partition coefficient (Wildman–Crippen LogP) is -0.874. The molecular formula is C6H9NO3. The molecule has 4 nitrogen and oxygen atoms in total. The van der Waals surface area contributed by atoms with Crippen LogP contribution in [0.3, 0.4) is 0 Å². The number of carbonyl (C=O) groups is 2. The van der Waals surface area contributed by atoms with Crippen molar-refractivity contribution in [3.8, 4) is 0 Å². The van der Waals surface area contributed by atoms with Crippen molar-refractivity contribution in [2.24, 2.45) is 0 Å². The van der Waals surface area contributed by atoms with Gasteiger partial charge in [0, 0.05) is 7.05 Å². The summed E-state index contributed by atoms with van der Waals surface area (Å²) >= 11 is 0. The molecule has 1 fully saturated rings. The van der Waals surface area contributed by atoms with Gasteiger partial charge in [-0.25, -0.2) is 0 Å². The van der Waals surface area contributed by atoms with Crippen molar-refractivity contribution >= 4 is 11.8 Å². The van der Waals surface area contributed by atoms with Crippen LogP contribution in [0.1, 0.15) is 12.8 Å². The normalized spacial score (nSPS) is 22.0. The van der Waals surface area contributed by atoms with Crippen LogP contribution in [0.25, 0.3) is 0 Å². The summed E-state index contributed by atoms with van der Waals surface area (Å²) in [5.74, 6) is -0.604. The first-order valence-corrected chi connectivity index (χ1v) is 3.08. The SMILES string of the molecule is CN1C(=O)CC(O)CC1=O. The summed E-state index contributed by atoms with van der Waals surface area (Å²) in [6, 6.07) is 0. The first-order valence-electron chi connectivity index (χ1n) is 3.08. The van der Waals surface area contributed by atoms with Crippen molar-refractivity contribution in [2.75, 3.05) is 7.05 Å². The predicted molar refractivity (Wildman–Crippen MR) is 33.0 cm³/mol. The molecule has 10 heavy (non-hydrogen) atoms. The van der Waals surface area contributed by atoms with Crippen LogP contribution in [0.15, 0.2) is 0 Å². The van der Waals surface area contributed by atoms with E-state index in [0.29, 0.717) is 0 Å². The lowest BCUT2D eigenvalue weighted by Crippen LogP contribution is -2.42. The van der Waals surface area contributed by atoms with E-state index < -0.39 is 6.10 Å². The first kappa shape index (κ1) is 7.21. The molecule has 0 atom stereocenters. The van der Waals surface area contributed by atoms with Crippen LogP contribution < -0.4 is 0 Å². The lowest BCUT2D eigenvalue weighted by atomic mass is 10.1. The molecule has 0 aromatic heterocycles. The second-order valence-corrected chi connectivity index (χ2v) is 2.41. The van der Waals surface area contributed by atoms with Gasteiger partial charge in [-0.15, -0.1) is 0 Å². The highest BCUT2D eigenvalue weighted by atomic mass is 16.3. The standard InChI is InChI=1S/C6H9NO3/c1-7-5(9)2-4(8)3-6(7)10/h4,8H,2-3H2,1H3. The average molecular weight is 143 g/mol. The molecule has 0 radical (unpaired) electrons. The van der Waals surface area contributed by atoms with Crippen molar-refractivity contribution in [2.45, 2.75) is 18.9 Å². The highest BCUT2D eigenvalue weighted by Gasteiger charge is 2.27. The number of hydrogen-bond acceptors (Lipinski definition) is 3. The molecule has 0 aromatic carbocycles. The zero-order valence-corrected chi connectivity index (χ0v) is 5.70. The van der Waals surface area contributed by atoms with Gasteiger partial charge in [0.2, 0.25) is 11.8 Å². The Hall–Kier alpha value is -0.900. The summed E-state index contributed by atoms with van der Waals surface area (Å²) < 4.78 is 0. The van der Waals surface area contributed by atoms with Crippen LogP contribution in [0.4, 0.5) is 0 Å². The van der Waals surface area contributed by atoms with Crippen molar-refractivity contribution in [3.63, 3.8) is 0 Å². The minimum atomic E-state index is -0.767. The summed E-state index contributed by atoms with van der Waals surface area (Å²) in [4.78, 5) is 22.6. The van der Waals surface area contributed by atoms with E-state index in [4.69, 9.17) is 5.11 Å². The van der Waals surface area contributed by atoms with Crippen molar-refractivity contribution < 1.29 is 14.7 Å². The van der Waals surface area contributed by atoms with E-state index in [2.05, 4.69) is 0 Å². The van der Waals surface area contributed by atoms with E-state index in [9.17, 15) is 9.59 Å². The molecule has 56 valence electrons. The minimum Gasteiger partial charge on any atom is -0.392 e. The number of aliphatic hydroxyl groups is 1. The average Bonchev–Trinajstić information content (AvgIpc) is 1.82. The first-order chi connectivity index (χ1) is 4.61. The second kappa shape index (κ2) is 2.38. The van der Waals surface area contributed by atoms with Gasteiger partial charge in [-0.3, -0.25) is 14.5 Å². The van der Waals surface area contributed by atoms with Gasteiger partial charge in [-0.05, 0) is 0 Å². The highest BCUT2D eigenvalue weighted by Crippen LogP contribution is 2.10. The summed E-state index contributed by atoms with van der Waals surface area (Å²) in [5.41, 5.74) is 0. The smallest absolute Gasteiger partial charge is 0.231 e. The molecule has 4 heteroatoms. The maximum Gasteiger partial charge on any atom is 0.231 e. The number of aliphatic hydroxyl groups excluding tert-OH is 1. The van der Waals surface area contributed by atoms with E-state index in [1.54, 1.807) is 0 Å². The van der Waals surface area contributed by atoms with Crippen LogP contribution in [0.2, 0.25) is 0 Å². The van der Waals surface area contributed by atoms with Crippen LogP contribution >= 0.6 is 0 Å². The fourth-order valence-electron chi connectivity index (χ4n) is 0.888. The van der Waals surface area contributed by atoms with Crippen molar-refractivity contribution in [3.05, 3.63) is 0 Å². The third-order valence-corrected chi connectivity index (χ3v) is 1.57. The molecule has 0 spiro atoms. The Balaban J connectivity index is 2.66. The molecule has 1 heterocycles. The molecule has 0 aromatic rings. The Morgan fingerprint density at radius 3 is 2.20 bits per heavy atom. The number of hydrogen-bond donors (Lipinski definition) is 1. The third kappa shape index (κ3) is 1.16. The number of imide groups is 1. The molecule has 1 aliphatic heterocycles. The van der Waals surface area contributed by atoms with Gasteiger partial charge in [0.05, 0.1) is 18.9 Å². The Morgan fingerprint density at radius 2 is 1.80 bits per heavy atom. The summed E-state index contributed by atoms with van der Waals surface area (Å²) in [6.07, 6.45) is -0.624. The minimum absolute atomic E-state index is 0.0717. The third-order valence-electron chi connectivity index (χ3n) is 1.57. The molecule has 1 rings (SSSR count). The van der Waals surface area contributed by atoms with E-state index >= 15 is 0 Å². The number of amides is 2. The van der Waals surface area contributed by atoms with Gasteiger partial charge in [-0.2, -0.15) is 0 Å². The largest absolute Gasteiger partial charge is 0.392 e. The van der Waals surface area contributed by atoms with E-state index in [-0.39, 0.29) is 24.7 Å². The fourth-order valence-corrected chi connectivity index (χ4v) is 0.888. The zero-order chi connectivity index (χ0) is 7.72. The topological polar surface area (TPSA) is 57.6 Å². The Labute approximate surface area is 58.4 Å². The monoisotopic (exact) mass is 143 g/mol. The summed E-state index contributed by atoms with van der Waals surface area (Å²) in [6.45, 7) is 0. The van der Waals surface area contributed by atoms with Gasteiger partial charge < -0.3 is 5.11 Å². The van der Waals surface area contributed by atoms with Gasteiger partial charge in [0.1, 0.15) is 0 Å². The zero-order valence-electron chi connectivity index (χ0n) is 5.70. The maximum absolute atomic E-state index is 10.8. The van der Waals surface area contributed by atoms with Gasteiger partial charge in [0.25, 0.3) is 0 Å². The lowest BCUT2D eigenvalue weighted by Gasteiger charge is -2.23. The number of carbonyl (C=O) groups excluding carboxylic acids is 2.